The van der Waals surface area contributed by atoms with Gasteiger partial charge in [-0.25, -0.2) is 4.79 Å². The minimum atomic E-state index is -4.22. The summed E-state index contributed by atoms with van der Waals surface area (Å²) >= 11 is 0. The lowest BCUT2D eigenvalue weighted by atomic mass is 9.94. The number of rotatable bonds is 2. The molecule has 1 aromatic carbocycles. The second-order valence-electron chi connectivity index (χ2n) is 4.32. The SMILES string of the molecule is O=C(O)c1cccc2c1CCN(CC(F)(F)F)C2. The number of nitrogens with zero attached hydrogens (tertiary/aromatic N) is 1. The Morgan fingerprint density at radius 3 is 2.72 bits per heavy atom. The molecule has 0 amide bonds. The molecule has 1 aliphatic heterocycles. The monoisotopic (exact) mass is 259 g/mol. The maximum atomic E-state index is 12.3. The van der Waals surface area contributed by atoms with Crippen molar-refractivity contribution in [3.8, 4) is 0 Å². The Hall–Kier alpha value is -1.56. The number of benzene rings is 1. The van der Waals surface area contributed by atoms with E-state index in [2.05, 4.69) is 0 Å². The first kappa shape index (κ1) is 12.9. The van der Waals surface area contributed by atoms with E-state index in [0.717, 1.165) is 0 Å². The fourth-order valence-corrected chi connectivity index (χ4v) is 2.26. The molecule has 1 aliphatic rings. The van der Waals surface area contributed by atoms with E-state index in [1.165, 1.54) is 11.0 Å². The maximum absolute atomic E-state index is 12.3. The number of aromatic carboxylic acids is 1. The molecule has 1 heterocycles. The van der Waals surface area contributed by atoms with Crippen molar-refractivity contribution < 1.29 is 23.1 Å². The summed E-state index contributed by atoms with van der Waals surface area (Å²) in [5.74, 6) is -1.03. The molecule has 1 aromatic rings. The number of alkyl halides is 3. The van der Waals surface area contributed by atoms with Gasteiger partial charge in [0.2, 0.25) is 0 Å². The van der Waals surface area contributed by atoms with E-state index in [9.17, 15) is 18.0 Å². The van der Waals surface area contributed by atoms with E-state index < -0.39 is 18.7 Å². The van der Waals surface area contributed by atoms with Crippen molar-refractivity contribution in [3.63, 3.8) is 0 Å². The predicted molar refractivity (Wildman–Crippen MR) is 58.4 cm³/mol. The van der Waals surface area contributed by atoms with Gasteiger partial charge in [-0.1, -0.05) is 12.1 Å². The van der Waals surface area contributed by atoms with E-state index in [0.29, 0.717) is 17.5 Å². The molecular formula is C12H12F3NO2. The highest BCUT2D eigenvalue weighted by molar-refractivity contribution is 5.89. The van der Waals surface area contributed by atoms with E-state index in [1.807, 2.05) is 0 Å². The van der Waals surface area contributed by atoms with Gasteiger partial charge in [0.25, 0.3) is 0 Å². The minimum absolute atomic E-state index is 0.149. The first-order valence-corrected chi connectivity index (χ1v) is 5.50. The number of halogens is 3. The van der Waals surface area contributed by atoms with Crippen LogP contribution in [0.2, 0.25) is 0 Å². The molecule has 0 radical (unpaired) electrons. The van der Waals surface area contributed by atoms with Crippen LogP contribution in [0.5, 0.6) is 0 Å². The van der Waals surface area contributed by atoms with Gasteiger partial charge < -0.3 is 5.11 Å². The van der Waals surface area contributed by atoms with Gasteiger partial charge in [0, 0.05) is 13.1 Å². The van der Waals surface area contributed by atoms with Crippen LogP contribution < -0.4 is 0 Å². The molecule has 0 bridgehead atoms. The number of carboxylic acids is 1. The third kappa shape index (κ3) is 2.81. The third-order valence-corrected chi connectivity index (χ3v) is 2.98. The number of carboxylic acid groups (broad SMARTS) is 1. The van der Waals surface area contributed by atoms with E-state index in [-0.39, 0.29) is 18.7 Å². The van der Waals surface area contributed by atoms with Gasteiger partial charge in [0.05, 0.1) is 12.1 Å². The van der Waals surface area contributed by atoms with Gasteiger partial charge in [-0.15, -0.1) is 0 Å². The maximum Gasteiger partial charge on any atom is 0.401 e. The summed E-state index contributed by atoms with van der Waals surface area (Å²) in [6, 6.07) is 4.74. The minimum Gasteiger partial charge on any atom is -0.478 e. The zero-order chi connectivity index (χ0) is 13.3. The smallest absolute Gasteiger partial charge is 0.401 e. The van der Waals surface area contributed by atoms with Crippen LogP contribution in [0.15, 0.2) is 18.2 Å². The Balaban J connectivity index is 2.21. The summed E-state index contributed by atoms with van der Waals surface area (Å²) in [6.45, 7) is -0.573. The fraction of sp³-hybridized carbons (Fsp3) is 0.417. The van der Waals surface area contributed by atoms with Crippen LogP contribution in [-0.2, 0) is 13.0 Å². The Bertz CT molecular complexity index is 471. The highest BCUT2D eigenvalue weighted by Gasteiger charge is 2.32. The first-order chi connectivity index (χ1) is 8.37. The van der Waals surface area contributed by atoms with Crippen molar-refractivity contribution in [1.82, 2.24) is 4.90 Å². The quantitative estimate of drug-likeness (QED) is 0.886. The molecule has 0 unspecified atom stereocenters. The zero-order valence-electron chi connectivity index (χ0n) is 9.50. The number of hydrogen-bond acceptors (Lipinski definition) is 2. The molecule has 0 fully saturated rings. The fourth-order valence-electron chi connectivity index (χ4n) is 2.26. The summed E-state index contributed by atoms with van der Waals surface area (Å²) in [7, 11) is 0. The topological polar surface area (TPSA) is 40.5 Å². The zero-order valence-corrected chi connectivity index (χ0v) is 9.50. The molecule has 0 aliphatic carbocycles. The number of fused-ring (bicyclic) bond motifs is 1. The van der Waals surface area contributed by atoms with Gasteiger partial charge >= 0.3 is 12.1 Å². The normalized spacial score (nSPS) is 16.4. The summed E-state index contributed by atoms with van der Waals surface area (Å²) in [4.78, 5) is 12.3. The average Bonchev–Trinajstić information content (AvgIpc) is 2.25. The molecular weight excluding hydrogens is 247 g/mol. The van der Waals surface area contributed by atoms with Crippen LogP contribution in [0.25, 0.3) is 0 Å². The second-order valence-corrected chi connectivity index (χ2v) is 4.32. The Morgan fingerprint density at radius 1 is 1.39 bits per heavy atom. The Kier molecular flexibility index (Phi) is 3.30. The standard InChI is InChI=1S/C12H12F3NO2/c13-12(14,15)7-16-5-4-9-8(6-16)2-1-3-10(9)11(17)18/h1-3H,4-7H2,(H,17,18). The lowest BCUT2D eigenvalue weighted by molar-refractivity contribution is -0.147. The van der Waals surface area contributed by atoms with Crippen LogP contribution >= 0.6 is 0 Å². The molecule has 3 nitrogen and oxygen atoms in total. The van der Waals surface area contributed by atoms with Crippen LogP contribution in [-0.4, -0.2) is 35.2 Å². The van der Waals surface area contributed by atoms with Crippen molar-refractivity contribution in [2.45, 2.75) is 19.1 Å². The van der Waals surface area contributed by atoms with Crippen LogP contribution in [0.3, 0.4) is 0 Å². The predicted octanol–water partition coefficient (Wildman–Crippen LogP) is 2.31. The summed E-state index contributed by atoms with van der Waals surface area (Å²) < 4.78 is 36.9. The summed E-state index contributed by atoms with van der Waals surface area (Å²) in [6.07, 6.45) is -3.88. The molecule has 98 valence electrons. The third-order valence-electron chi connectivity index (χ3n) is 2.98. The van der Waals surface area contributed by atoms with Gasteiger partial charge in [0.15, 0.2) is 0 Å². The number of carbonyl (C=O) groups is 1. The average molecular weight is 259 g/mol. The number of hydrogen-bond donors (Lipinski definition) is 1. The van der Waals surface area contributed by atoms with E-state index in [4.69, 9.17) is 5.11 Å². The highest BCUT2D eigenvalue weighted by atomic mass is 19.4. The van der Waals surface area contributed by atoms with Crippen molar-refractivity contribution in [1.29, 1.82) is 0 Å². The molecule has 0 saturated heterocycles. The van der Waals surface area contributed by atoms with Gasteiger partial charge in [-0.2, -0.15) is 13.2 Å². The van der Waals surface area contributed by atoms with Crippen molar-refractivity contribution in [2.75, 3.05) is 13.1 Å². The molecule has 0 saturated carbocycles. The van der Waals surface area contributed by atoms with Gasteiger partial charge in [-0.05, 0) is 23.6 Å². The summed E-state index contributed by atoms with van der Waals surface area (Å²) in [5.41, 5.74) is 1.52. The Labute approximate surface area is 102 Å². The van der Waals surface area contributed by atoms with E-state index in [1.54, 1.807) is 12.1 Å². The molecule has 2 rings (SSSR count). The molecule has 0 spiro atoms. The molecule has 0 aromatic heterocycles. The lowest BCUT2D eigenvalue weighted by Gasteiger charge is -2.30. The van der Waals surface area contributed by atoms with Crippen LogP contribution in [0.4, 0.5) is 13.2 Å². The molecule has 6 heteroatoms. The molecule has 0 atom stereocenters. The first-order valence-electron chi connectivity index (χ1n) is 5.50. The Morgan fingerprint density at radius 2 is 2.11 bits per heavy atom. The van der Waals surface area contributed by atoms with Gasteiger partial charge in [0.1, 0.15) is 0 Å². The summed E-state index contributed by atoms with van der Waals surface area (Å²) in [5, 5.41) is 9.00. The van der Waals surface area contributed by atoms with Crippen LogP contribution in [0.1, 0.15) is 21.5 Å². The second kappa shape index (κ2) is 4.61. The molecule has 1 N–H and O–H groups in total. The van der Waals surface area contributed by atoms with Crippen molar-refractivity contribution in [2.24, 2.45) is 0 Å². The van der Waals surface area contributed by atoms with E-state index >= 15 is 0 Å². The highest BCUT2D eigenvalue weighted by Crippen LogP contribution is 2.25. The lowest BCUT2D eigenvalue weighted by Crippen LogP contribution is -2.38. The van der Waals surface area contributed by atoms with Crippen molar-refractivity contribution >= 4 is 5.97 Å². The van der Waals surface area contributed by atoms with Gasteiger partial charge in [-0.3, -0.25) is 4.90 Å². The van der Waals surface area contributed by atoms with Crippen molar-refractivity contribution in [3.05, 3.63) is 34.9 Å². The van der Waals surface area contributed by atoms with Crippen LogP contribution in [0, 0.1) is 0 Å². The largest absolute Gasteiger partial charge is 0.478 e. The molecule has 18 heavy (non-hydrogen) atoms.